The summed E-state index contributed by atoms with van der Waals surface area (Å²) in [6.45, 7) is 1.86. The number of likely N-dealkylation sites (tertiary alicyclic amines) is 1. The summed E-state index contributed by atoms with van der Waals surface area (Å²) in [6, 6.07) is 4.02. The van der Waals surface area contributed by atoms with Crippen LogP contribution in [0.1, 0.15) is 65.6 Å². The molecule has 1 saturated heterocycles. The SMILES string of the molecule is CCC(c1ccc(C(F)(F)F)cc1CN(Cc1cc(C(F)(F)F)cc(C(F)(F)F)c1)C1=NN(C)N(C)N1)N1CCCC(O)C1. The summed E-state index contributed by atoms with van der Waals surface area (Å²) < 4.78 is 123. The Bertz CT molecular complexity index is 1310. The van der Waals surface area contributed by atoms with E-state index in [0.29, 0.717) is 50.0 Å². The lowest BCUT2D eigenvalue weighted by Crippen LogP contribution is -2.45. The minimum Gasteiger partial charge on any atom is -0.392 e. The molecule has 2 aliphatic heterocycles. The zero-order valence-electron chi connectivity index (χ0n) is 24.2. The molecule has 0 saturated carbocycles. The second kappa shape index (κ2) is 12.6. The van der Waals surface area contributed by atoms with Crippen LogP contribution in [0.4, 0.5) is 39.5 Å². The van der Waals surface area contributed by atoms with Crippen molar-refractivity contribution in [2.24, 2.45) is 5.10 Å². The molecule has 1 fully saturated rings. The van der Waals surface area contributed by atoms with Crippen molar-refractivity contribution in [3.63, 3.8) is 0 Å². The molecule has 16 heteroatoms. The molecule has 244 valence electrons. The van der Waals surface area contributed by atoms with Crippen molar-refractivity contribution in [3.8, 4) is 0 Å². The van der Waals surface area contributed by atoms with E-state index in [1.165, 1.54) is 28.2 Å². The maximum Gasteiger partial charge on any atom is 0.416 e. The Hall–Kier alpha value is -3.24. The van der Waals surface area contributed by atoms with E-state index in [2.05, 4.69) is 10.5 Å². The number of halogens is 9. The maximum atomic E-state index is 13.9. The van der Waals surface area contributed by atoms with Gasteiger partial charge in [-0.05, 0) is 72.8 Å². The van der Waals surface area contributed by atoms with Gasteiger partial charge >= 0.3 is 18.5 Å². The molecule has 2 atom stereocenters. The number of hydrazine groups is 2. The number of hydrogen-bond donors (Lipinski definition) is 2. The Kier molecular flexibility index (Phi) is 9.66. The fourth-order valence-electron chi connectivity index (χ4n) is 5.51. The topological polar surface area (TPSA) is 57.6 Å². The van der Waals surface area contributed by atoms with Gasteiger partial charge in [-0.15, -0.1) is 10.2 Å². The number of hydrazone groups is 1. The van der Waals surface area contributed by atoms with E-state index in [0.717, 1.165) is 12.1 Å². The summed E-state index contributed by atoms with van der Waals surface area (Å²) in [7, 11) is 3.07. The second-order valence-electron chi connectivity index (χ2n) is 10.9. The van der Waals surface area contributed by atoms with E-state index < -0.39 is 53.9 Å². The largest absolute Gasteiger partial charge is 0.416 e. The van der Waals surface area contributed by atoms with Gasteiger partial charge in [-0.25, -0.2) is 5.12 Å². The standard InChI is InChI=1S/C28H33F9N6O/c1-4-24(42-9-5-6-22(44)16-42)23-8-7-19(26(29,30)31)12-18(23)15-43(25-38-40(2)41(3)39-25)14-17-10-20(27(32,33)34)13-21(11-17)28(35,36)37/h7-8,10-13,22,24,44H,4-6,9,14-16H2,1-3H3,(H,38,39). The Morgan fingerprint density at radius 2 is 1.52 bits per heavy atom. The molecule has 2 aromatic rings. The quantitative estimate of drug-likeness (QED) is 0.351. The number of rotatable bonds is 7. The van der Waals surface area contributed by atoms with Crippen LogP contribution in [0.3, 0.4) is 0 Å². The average Bonchev–Trinajstić information content (AvgIpc) is 3.25. The number of benzene rings is 2. The van der Waals surface area contributed by atoms with Crippen molar-refractivity contribution >= 4 is 5.96 Å². The van der Waals surface area contributed by atoms with Crippen LogP contribution in [0.5, 0.6) is 0 Å². The Balaban J connectivity index is 1.82. The van der Waals surface area contributed by atoms with Crippen LogP contribution in [0, 0.1) is 0 Å². The van der Waals surface area contributed by atoms with Crippen molar-refractivity contribution in [1.82, 2.24) is 25.5 Å². The van der Waals surface area contributed by atoms with Crippen molar-refractivity contribution in [1.29, 1.82) is 0 Å². The molecule has 2 aliphatic rings. The van der Waals surface area contributed by atoms with E-state index >= 15 is 0 Å². The van der Waals surface area contributed by atoms with Crippen LogP contribution in [0.2, 0.25) is 0 Å². The van der Waals surface area contributed by atoms with Gasteiger partial charge in [0.15, 0.2) is 0 Å². The fourth-order valence-corrected chi connectivity index (χ4v) is 5.51. The molecular formula is C28H33F9N6O. The third-order valence-corrected chi connectivity index (χ3v) is 7.70. The number of aliphatic hydroxyl groups excluding tert-OH is 1. The third-order valence-electron chi connectivity index (χ3n) is 7.70. The van der Waals surface area contributed by atoms with Crippen molar-refractivity contribution in [2.75, 3.05) is 27.2 Å². The van der Waals surface area contributed by atoms with Crippen LogP contribution >= 0.6 is 0 Å². The van der Waals surface area contributed by atoms with Crippen molar-refractivity contribution < 1.29 is 44.6 Å². The van der Waals surface area contributed by atoms with Crippen molar-refractivity contribution in [3.05, 3.63) is 69.8 Å². The van der Waals surface area contributed by atoms with E-state index in [4.69, 9.17) is 0 Å². The van der Waals surface area contributed by atoms with Crippen LogP contribution < -0.4 is 5.43 Å². The minimum atomic E-state index is -5.08. The smallest absolute Gasteiger partial charge is 0.392 e. The summed E-state index contributed by atoms with van der Waals surface area (Å²) in [5, 5.41) is 17.2. The number of aliphatic hydroxyl groups is 1. The zero-order valence-corrected chi connectivity index (χ0v) is 24.2. The zero-order chi connectivity index (χ0) is 32.6. The summed E-state index contributed by atoms with van der Waals surface area (Å²) in [4.78, 5) is 3.27. The third kappa shape index (κ3) is 7.88. The number of guanidine groups is 1. The van der Waals surface area contributed by atoms with E-state index in [-0.39, 0.29) is 29.7 Å². The number of β-amino-alcohol motifs (C(OH)–C–C–N with tert-alkyl or cyclic N) is 1. The number of piperidine rings is 1. The number of hydrogen-bond acceptors (Lipinski definition) is 7. The molecule has 2 aromatic carbocycles. The van der Waals surface area contributed by atoms with Gasteiger partial charge in [-0.3, -0.25) is 10.3 Å². The lowest BCUT2D eigenvalue weighted by atomic mass is 9.92. The molecule has 2 unspecified atom stereocenters. The summed E-state index contributed by atoms with van der Waals surface area (Å²) >= 11 is 0. The lowest BCUT2D eigenvalue weighted by Gasteiger charge is -2.38. The predicted molar refractivity (Wildman–Crippen MR) is 143 cm³/mol. The van der Waals surface area contributed by atoms with Gasteiger partial charge in [-0.2, -0.15) is 39.5 Å². The van der Waals surface area contributed by atoms with Crippen LogP contribution in [0.15, 0.2) is 41.5 Å². The molecule has 2 N–H and O–H groups in total. The summed E-state index contributed by atoms with van der Waals surface area (Å²) in [5.41, 5.74) is -0.842. The molecule has 0 amide bonds. The highest BCUT2D eigenvalue weighted by Crippen LogP contribution is 2.38. The van der Waals surface area contributed by atoms with Gasteiger partial charge in [-0.1, -0.05) is 13.0 Å². The molecule has 7 nitrogen and oxygen atoms in total. The molecule has 44 heavy (non-hydrogen) atoms. The maximum absolute atomic E-state index is 13.9. The van der Waals surface area contributed by atoms with Crippen molar-refractivity contribution in [2.45, 2.75) is 70.0 Å². The number of alkyl halides is 9. The van der Waals surface area contributed by atoms with Gasteiger partial charge in [0.25, 0.3) is 0 Å². The summed E-state index contributed by atoms with van der Waals surface area (Å²) in [5.74, 6) is 0.00535. The molecule has 0 bridgehead atoms. The van der Waals surface area contributed by atoms with Crippen LogP contribution in [-0.4, -0.2) is 64.4 Å². The Labute approximate surface area is 248 Å². The highest BCUT2D eigenvalue weighted by Gasteiger charge is 2.38. The molecule has 2 heterocycles. The van der Waals surface area contributed by atoms with Gasteiger partial charge < -0.3 is 10.0 Å². The first-order chi connectivity index (χ1) is 20.4. The highest BCUT2D eigenvalue weighted by atomic mass is 19.4. The number of nitrogens with zero attached hydrogens (tertiary/aromatic N) is 5. The fraction of sp³-hybridized carbons (Fsp3) is 0.536. The second-order valence-corrected chi connectivity index (χ2v) is 10.9. The predicted octanol–water partition coefficient (Wildman–Crippen LogP) is 6.22. The first-order valence-electron chi connectivity index (χ1n) is 13.8. The molecule has 0 aliphatic carbocycles. The first kappa shape index (κ1) is 33.6. The van der Waals surface area contributed by atoms with Gasteiger partial charge in [0.1, 0.15) is 0 Å². The Morgan fingerprint density at radius 1 is 0.909 bits per heavy atom. The molecule has 0 aromatic heterocycles. The first-order valence-corrected chi connectivity index (χ1v) is 13.8. The normalized spacial score (nSPS) is 19.6. The van der Waals surface area contributed by atoms with Gasteiger partial charge in [0.05, 0.1) is 22.8 Å². The Morgan fingerprint density at radius 3 is 2.02 bits per heavy atom. The number of nitrogens with one attached hydrogen (secondary N) is 1. The molecule has 4 rings (SSSR count). The minimum absolute atomic E-state index is 0.00535. The highest BCUT2D eigenvalue weighted by molar-refractivity contribution is 5.80. The van der Waals surface area contributed by atoms with E-state index in [1.54, 1.807) is 7.05 Å². The molecule has 0 spiro atoms. The average molecular weight is 641 g/mol. The molecular weight excluding hydrogens is 607 g/mol. The lowest BCUT2D eigenvalue weighted by molar-refractivity contribution is -0.143. The van der Waals surface area contributed by atoms with Crippen LogP contribution in [-0.2, 0) is 31.6 Å². The summed E-state index contributed by atoms with van der Waals surface area (Å²) in [6.07, 6.45) is -13.7. The van der Waals surface area contributed by atoms with E-state index in [1.807, 2.05) is 11.8 Å². The van der Waals surface area contributed by atoms with Gasteiger partial charge in [0.2, 0.25) is 5.96 Å². The van der Waals surface area contributed by atoms with Gasteiger partial charge in [0, 0.05) is 39.8 Å². The van der Waals surface area contributed by atoms with Crippen LogP contribution in [0.25, 0.3) is 0 Å². The van der Waals surface area contributed by atoms with E-state index in [9.17, 15) is 44.6 Å². The molecule has 0 radical (unpaired) electrons. The monoisotopic (exact) mass is 640 g/mol.